The fourth-order valence-corrected chi connectivity index (χ4v) is 1.75. The third-order valence-corrected chi connectivity index (χ3v) is 2.67. The van der Waals surface area contributed by atoms with E-state index in [1.54, 1.807) is 48.5 Å². The zero-order chi connectivity index (χ0) is 13.9. The van der Waals surface area contributed by atoms with Gasteiger partial charge in [-0.3, -0.25) is 4.55 Å². The lowest BCUT2D eigenvalue weighted by molar-refractivity contribution is 0.482. The van der Waals surface area contributed by atoms with Gasteiger partial charge in [0.1, 0.15) is 0 Å². The highest BCUT2D eigenvalue weighted by Crippen LogP contribution is 2.30. The van der Waals surface area contributed by atoms with Gasteiger partial charge < -0.3 is 5.73 Å². The van der Waals surface area contributed by atoms with Gasteiger partial charge in [-0.05, 0) is 28.3 Å². The Morgan fingerprint density at radius 2 is 1.63 bits per heavy atom. The molecule has 0 bridgehead atoms. The van der Waals surface area contributed by atoms with Crippen molar-refractivity contribution in [2.45, 2.75) is 0 Å². The van der Waals surface area contributed by atoms with Gasteiger partial charge >= 0.3 is 10.3 Å². The lowest BCUT2D eigenvalue weighted by Crippen LogP contribution is -1.88. The van der Waals surface area contributed by atoms with Crippen LogP contribution in [0.1, 0.15) is 0 Å². The van der Waals surface area contributed by atoms with E-state index in [1.807, 2.05) is 0 Å². The molecule has 0 aliphatic rings. The third kappa shape index (κ3) is 3.60. The summed E-state index contributed by atoms with van der Waals surface area (Å²) in [5.74, 6) is 0. The molecule has 0 aliphatic carbocycles. The van der Waals surface area contributed by atoms with Crippen molar-refractivity contribution in [3.8, 4) is 11.1 Å². The normalized spacial score (nSPS) is 11.8. The zero-order valence-corrected chi connectivity index (χ0v) is 10.6. The molecule has 0 atom stereocenters. The van der Waals surface area contributed by atoms with Crippen LogP contribution in [0.25, 0.3) is 11.1 Å². The number of nitrogens with zero attached hydrogens (tertiary/aromatic N) is 2. The van der Waals surface area contributed by atoms with Gasteiger partial charge in [0.25, 0.3) is 0 Å². The Morgan fingerprint density at radius 3 is 2.26 bits per heavy atom. The summed E-state index contributed by atoms with van der Waals surface area (Å²) in [6.07, 6.45) is 0. The molecule has 0 saturated heterocycles. The number of hydrogen-bond donors (Lipinski definition) is 2. The largest absolute Gasteiger partial charge is 0.399 e. The molecule has 0 radical (unpaired) electrons. The smallest absolute Gasteiger partial charge is 0.396 e. The molecule has 0 saturated carbocycles. The van der Waals surface area contributed by atoms with E-state index in [-0.39, 0.29) is 0 Å². The second-order valence-electron chi connectivity index (χ2n) is 3.77. The maximum absolute atomic E-state index is 10.6. The lowest BCUT2D eigenvalue weighted by Gasteiger charge is -2.04. The number of rotatable bonds is 3. The molecule has 7 heteroatoms. The number of hydrogen-bond acceptors (Lipinski definition) is 4. The molecule has 3 N–H and O–H groups in total. The van der Waals surface area contributed by atoms with Crippen molar-refractivity contribution in [3.63, 3.8) is 0 Å². The Hall–Kier alpha value is -2.25. The van der Waals surface area contributed by atoms with E-state index in [4.69, 9.17) is 10.3 Å². The maximum atomic E-state index is 10.6. The second-order valence-corrected chi connectivity index (χ2v) is 4.83. The number of nitrogens with two attached hydrogens (primary N) is 1. The first-order valence-electron chi connectivity index (χ1n) is 5.31. The molecule has 0 heterocycles. The molecule has 2 rings (SSSR count). The summed E-state index contributed by atoms with van der Waals surface area (Å²) in [5.41, 5.74) is 8.08. The van der Waals surface area contributed by atoms with Gasteiger partial charge in [-0.1, -0.05) is 30.3 Å². The first-order valence-corrected chi connectivity index (χ1v) is 6.71. The van der Waals surface area contributed by atoms with Gasteiger partial charge in [0.2, 0.25) is 0 Å². The van der Waals surface area contributed by atoms with Gasteiger partial charge in [0.15, 0.2) is 0 Å². The minimum Gasteiger partial charge on any atom is -0.399 e. The highest BCUT2D eigenvalue weighted by molar-refractivity contribution is 7.84. The fraction of sp³-hybridized carbons (Fsp3) is 0. The van der Waals surface area contributed by atoms with Crippen molar-refractivity contribution < 1.29 is 13.0 Å². The molecule has 98 valence electrons. The van der Waals surface area contributed by atoms with E-state index >= 15 is 0 Å². The Morgan fingerprint density at radius 1 is 1.00 bits per heavy atom. The molecule has 0 unspecified atom stereocenters. The first kappa shape index (κ1) is 13.2. The quantitative estimate of drug-likeness (QED) is 0.511. The zero-order valence-electron chi connectivity index (χ0n) is 9.76. The minimum absolute atomic E-state index is 0.338. The van der Waals surface area contributed by atoms with Crippen LogP contribution in [0.3, 0.4) is 0 Å². The predicted octanol–water partition coefficient (Wildman–Crippen LogP) is 2.82. The van der Waals surface area contributed by atoms with E-state index in [0.717, 1.165) is 5.56 Å². The summed E-state index contributed by atoms with van der Waals surface area (Å²) in [6.45, 7) is 0. The van der Waals surface area contributed by atoms with E-state index in [9.17, 15) is 8.42 Å². The van der Waals surface area contributed by atoms with Crippen LogP contribution in [-0.4, -0.2) is 13.0 Å². The van der Waals surface area contributed by atoms with Gasteiger partial charge in [-0.15, -0.1) is 5.11 Å². The van der Waals surface area contributed by atoms with Crippen LogP contribution in [0.4, 0.5) is 11.4 Å². The number of nitrogen functional groups attached to an aromatic ring is 1. The molecular formula is C12H11N3O3S. The molecule has 19 heavy (non-hydrogen) atoms. The average molecular weight is 277 g/mol. The second kappa shape index (κ2) is 5.17. The Labute approximate surface area is 110 Å². The monoisotopic (exact) mass is 277 g/mol. The Balaban J connectivity index is 2.47. The van der Waals surface area contributed by atoms with E-state index < -0.39 is 10.3 Å². The van der Waals surface area contributed by atoms with E-state index in [2.05, 4.69) is 9.63 Å². The van der Waals surface area contributed by atoms with Crippen molar-refractivity contribution in [3.05, 3.63) is 48.5 Å². The summed E-state index contributed by atoms with van der Waals surface area (Å²) in [4.78, 5) is 0. The van der Waals surface area contributed by atoms with Crippen LogP contribution in [0.2, 0.25) is 0 Å². The molecule has 2 aromatic rings. The Bertz CT molecular complexity index is 709. The predicted molar refractivity (Wildman–Crippen MR) is 72.4 cm³/mol. The molecule has 0 aromatic heterocycles. The van der Waals surface area contributed by atoms with E-state index in [0.29, 0.717) is 16.9 Å². The Kier molecular flexibility index (Phi) is 3.59. The summed E-state index contributed by atoms with van der Waals surface area (Å²) >= 11 is 0. The molecule has 0 fully saturated rings. The summed E-state index contributed by atoms with van der Waals surface area (Å²) in [6, 6.07) is 13.9. The van der Waals surface area contributed by atoms with Gasteiger partial charge in [-0.25, -0.2) is 0 Å². The van der Waals surface area contributed by atoms with Crippen LogP contribution >= 0.6 is 0 Å². The van der Waals surface area contributed by atoms with Crippen LogP contribution in [0.15, 0.2) is 58.2 Å². The van der Waals surface area contributed by atoms with Crippen LogP contribution < -0.4 is 5.73 Å². The highest BCUT2D eigenvalue weighted by Gasteiger charge is 2.05. The van der Waals surface area contributed by atoms with Crippen molar-refractivity contribution in [1.29, 1.82) is 0 Å². The van der Waals surface area contributed by atoms with Crippen LogP contribution in [-0.2, 0) is 10.3 Å². The highest BCUT2D eigenvalue weighted by atomic mass is 32.2. The van der Waals surface area contributed by atoms with Gasteiger partial charge in [0.05, 0.1) is 5.69 Å². The topological polar surface area (TPSA) is 105 Å². The SMILES string of the molecule is Nc1ccc(-c2ccccc2N=NS(=O)(=O)O)cc1. The molecule has 2 aromatic carbocycles. The molecule has 0 amide bonds. The van der Waals surface area contributed by atoms with Crippen molar-refractivity contribution in [2.24, 2.45) is 9.63 Å². The number of anilines is 1. The minimum atomic E-state index is -4.49. The van der Waals surface area contributed by atoms with E-state index in [1.165, 1.54) is 0 Å². The molecule has 6 nitrogen and oxygen atoms in total. The van der Waals surface area contributed by atoms with Gasteiger partial charge in [-0.2, -0.15) is 8.42 Å². The molecule has 0 aliphatic heterocycles. The van der Waals surface area contributed by atoms with Crippen LogP contribution in [0.5, 0.6) is 0 Å². The van der Waals surface area contributed by atoms with Crippen molar-refractivity contribution in [1.82, 2.24) is 0 Å². The lowest BCUT2D eigenvalue weighted by atomic mass is 10.0. The third-order valence-electron chi connectivity index (χ3n) is 2.38. The summed E-state index contributed by atoms with van der Waals surface area (Å²) < 4.78 is 32.6. The fourth-order valence-electron chi connectivity index (χ4n) is 1.56. The van der Waals surface area contributed by atoms with Crippen molar-refractivity contribution in [2.75, 3.05) is 5.73 Å². The average Bonchev–Trinajstić information content (AvgIpc) is 2.37. The van der Waals surface area contributed by atoms with Crippen LogP contribution in [0, 0.1) is 0 Å². The summed E-state index contributed by atoms with van der Waals surface area (Å²) in [7, 11) is -4.49. The standard InChI is InChI=1S/C12H11N3O3S/c13-10-7-5-9(6-8-10)11-3-1-2-4-12(11)14-15-19(16,17)18/h1-8H,13H2,(H,16,17,18). The molecular weight excluding hydrogens is 266 g/mol. The van der Waals surface area contributed by atoms with Crippen molar-refractivity contribution >= 4 is 21.7 Å². The number of benzene rings is 2. The first-order chi connectivity index (χ1) is 8.96. The maximum Gasteiger partial charge on any atom is 0.396 e. The van der Waals surface area contributed by atoms with Gasteiger partial charge in [0, 0.05) is 11.3 Å². The molecule has 0 spiro atoms. The summed E-state index contributed by atoms with van der Waals surface area (Å²) in [5, 5.41) is 3.53.